The third-order valence-electron chi connectivity index (χ3n) is 1.55. The van der Waals surface area contributed by atoms with E-state index in [4.69, 9.17) is 5.73 Å². The van der Waals surface area contributed by atoms with Crippen LogP contribution in [-0.4, -0.2) is 16.5 Å². The van der Waals surface area contributed by atoms with Gasteiger partial charge in [0.25, 0.3) is 0 Å². The molecular formula is C9H16N4. The number of hydrogen-bond donors (Lipinski definition) is 2. The van der Waals surface area contributed by atoms with Crippen LogP contribution in [-0.2, 0) is 0 Å². The van der Waals surface area contributed by atoms with Crippen molar-refractivity contribution in [3.8, 4) is 0 Å². The molecule has 4 nitrogen and oxygen atoms in total. The molecular weight excluding hydrogens is 164 g/mol. The fourth-order valence-electron chi connectivity index (χ4n) is 0.990. The van der Waals surface area contributed by atoms with Crippen LogP contribution in [0.4, 0.5) is 11.6 Å². The summed E-state index contributed by atoms with van der Waals surface area (Å²) in [5.74, 6) is 2.61. The second-order valence-electron chi connectivity index (χ2n) is 3.50. The lowest BCUT2D eigenvalue weighted by Gasteiger charge is -2.08. The number of nitrogen functional groups attached to an aromatic ring is 1. The zero-order valence-corrected chi connectivity index (χ0v) is 8.33. The van der Waals surface area contributed by atoms with Gasteiger partial charge in [-0.1, -0.05) is 13.8 Å². The minimum atomic E-state index is 0.513. The average molecular weight is 180 g/mol. The molecule has 4 heteroatoms. The van der Waals surface area contributed by atoms with E-state index in [9.17, 15) is 0 Å². The number of nitrogens with zero attached hydrogens (tertiary/aromatic N) is 2. The first-order valence-corrected chi connectivity index (χ1v) is 4.43. The number of nitrogens with one attached hydrogen (secondary N) is 1. The molecule has 0 aromatic carbocycles. The molecule has 1 rings (SSSR count). The maximum Gasteiger partial charge on any atom is 0.131 e. The molecule has 0 aliphatic carbocycles. The van der Waals surface area contributed by atoms with E-state index in [2.05, 4.69) is 29.1 Å². The van der Waals surface area contributed by atoms with Crippen molar-refractivity contribution in [3.05, 3.63) is 11.9 Å². The van der Waals surface area contributed by atoms with Crippen molar-refractivity contribution in [2.75, 3.05) is 17.6 Å². The summed E-state index contributed by atoms with van der Waals surface area (Å²) in [7, 11) is 0. The highest BCUT2D eigenvalue weighted by Gasteiger charge is 1.99. The van der Waals surface area contributed by atoms with Crippen LogP contribution in [0.15, 0.2) is 6.07 Å². The molecule has 0 saturated carbocycles. The molecule has 0 fully saturated rings. The van der Waals surface area contributed by atoms with Gasteiger partial charge in [0.1, 0.15) is 17.5 Å². The topological polar surface area (TPSA) is 63.8 Å². The van der Waals surface area contributed by atoms with Gasteiger partial charge in [-0.25, -0.2) is 9.97 Å². The number of rotatable bonds is 3. The predicted molar refractivity (Wildman–Crippen MR) is 54.5 cm³/mol. The van der Waals surface area contributed by atoms with Crippen LogP contribution in [0.3, 0.4) is 0 Å². The van der Waals surface area contributed by atoms with Gasteiger partial charge in [0, 0.05) is 12.6 Å². The Morgan fingerprint density at radius 1 is 1.46 bits per heavy atom. The summed E-state index contributed by atoms with van der Waals surface area (Å²) in [5, 5.41) is 3.19. The van der Waals surface area contributed by atoms with Gasteiger partial charge in [-0.15, -0.1) is 0 Å². The molecule has 0 amide bonds. The maximum atomic E-state index is 5.57. The highest BCUT2D eigenvalue weighted by Crippen LogP contribution is 2.08. The van der Waals surface area contributed by atoms with Crippen LogP contribution in [0.1, 0.15) is 19.7 Å². The zero-order chi connectivity index (χ0) is 9.84. The lowest BCUT2D eigenvalue weighted by atomic mass is 10.2. The van der Waals surface area contributed by atoms with E-state index in [0.717, 1.165) is 12.4 Å². The Hall–Kier alpha value is -1.32. The van der Waals surface area contributed by atoms with Gasteiger partial charge in [-0.2, -0.15) is 0 Å². The molecule has 0 saturated heterocycles. The Labute approximate surface area is 78.6 Å². The monoisotopic (exact) mass is 180 g/mol. The summed E-state index contributed by atoms with van der Waals surface area (Å²) in [6.07, 6.45) is 0. The largest absolute Gasteiger partial charge is 0.384 e. The fraction of sp³-hybridized carbons (Fsp3) is 0.556. The second-order valence-corrected chi connectivity index (χ2v) is 3.50. The van der Waals surface area contributed by atoms with Crippen molar-refractivity contribution in [3.63, 3.8) is 0 Å². The molecule has 1 aromatic heterocycles. The Balaban J connectivity index is 2.66. The van der Waals surface area contributed by atoms with Crippen molar-refractivity contribution in [2.24, 2.45) is 5.92 Å². The smallest absolute Gasteiger partial charge is 0.131 e. The number of aromatic nitrogens is 2. The van der Waals surface area contributed by atoms with E-state index in [1.165, 1.54) is 0 Å². The van der Waals surface area contributed by atoms with Gasteiger partial charge in [0.05, 0.1) is 0 Å². The summed E-state index contributed by atoms with van der Waals surface area (Å²) in [5.41, 5.74) is 5.57. The molecule has 72 valence electrons. The minimum absolute atomic E-state index is 0.513. The van der Waals surface area contributed by atoms with E-state index in [0.29, 0.717) is 17.6 Å². The summed E-state index contributed by atoms with van der Waals surface area (Å²) in [4.78, 5) is 8.19. The highest BCUT2D eigenvalue weighted by molar-refractivity contribution is 5.44. The van der Waals surface area contributed by atoms with Crippen molar-refractivity contribution < 1.29 is 0 Å². The summed E-state index contributed by atoms with van der Waals surface area (Å²) < 4.78 is 0. The SMILES string of the molecule is Cc1nc(N)cc(NCC(C)C)n1. The molecule has 1 heterocycles. The maximum absolute atomic E-state index is 5.57. The molecule has 0 aliphatic rings. The number of nitrogens with two attached hydrogens (primary N) is 1. The van der Waals surface area contributed by atoms with Crippen LogP contribution in [0, 0.1) is 12.8 Å². The van der Waals surface area contributed by atoms with Crippen LogP contribution >= 0.6 is 0 Å². The standard InChI is InChI=1S/C9H16N4/c1-6(2)5-11-9-4-8(10)12-7(3)13-9/h4,6H,5H2,1-3H3,(H3,10,11,12,13). The molecule has 3 N–H and O–H groups in total. The third kappa shape index (κ3) is 3.27. The first kappa shape index (κ1) is 9.77. The van der Waals surface area contributed by atoms with E-state index in [1.54, 1.807) is 6.07 Å². The Kier molecular flexibility index (Phi) is 3.06. The van der Waals surface area contributed by atoms with Crippen molar-refractivity contribution in [1.29, 1.82) is 0 Å². The molecule has 0 radical (unpaired) electrons. The molecule has 1 aromatic rings. The van der Waals surface area contributed by atoms with Crippen LogP contribution < -0.4 is 11.1 Å². The van der Waals surface area contributed by atoms with E-state index in [1.807, 2.05) is 6.92 Å². The quantitative estimate of drug-likeness (QED) is 0.738. The number of aryl methyl sites for hydroxylation is 1. The van der Waals surface area contributed by atoms with Gasteiger partial charge < -0.3 is 11.1 Å². The van der Waals surface area contributed by atoms with E-state index >= 15 is 0 Å². The lowest BCUT2D eigenvalue weighted by molar-refractivity contribution is 0.686. The molecule has 0 unspecified atom stereocenters. The van der Waals surface area contributed by atoms with Gasteiger partial charge >= 0.3 is 0 Å². The summed E-state index contributed by atoms with van der Waals surface area (Å²) in [6.45, 7) is 7.02. The van der Waals surface area contributed by atoms with Gasteiger partial charge in [0.15, 0.2) is 0 Å². The van der Waals surface area contributed by atoms with Crippen LogP contribution in [0.5, 0.6) is 0 Å². The first-order valence-electron chi connectivity index (χ1n) is 4.43. The molecule has 0 bridgehead atoms. The van der Waals surface area contributed by atoms with E-state index < -0.39 is 0 Å². The van der Waals surface area contributed by atoms with Crippen molar-refractivity contribution >= 4 is 11.6 Å². The molecule has 0 spiro atoms. The van der Waals surface area contributed by atoms with Gasteiger partial charge in [0.2, 0.25) is 0 Å². The highest BCUT2D eigenvalue weighted by atomic mass is 15.0. The Bertz CT molecular complexity index is 263. The van der Waals surface area contributed by atoms with Crippen molar-refractivity contribution in [1.82, 2.24) is 9.97 Å². The normalized spacial score (nSPS) is 10.5. The van der Waals surface area contributed by atoms with Gasteiger partial charge in [-0.3, -0.25) is 0 Å². The summed E-state index contributed by atoms with van der Waals surface area (Å²) in [6, 6.07) is 1.75. The molecule has 0 aliphatic heterocycles. The summed E-state index contributed by atoms with van der Waals surface area (Å²) >= 11 is 0. The molecule has 13 heavy (non-hydrogen) atoms. The second kappa shape index (κ2) is 4.07. The number of hydrogen-bond acceptors (Lipinski definition) is 4. The molecule has 0 atom stereocenters. The lowest BCUT2D eigenvalue weighted by Crippen LogP contribution is -2.10. The van der Waals surface area contributed by atoms with Crippen molar-refractivity contribution in [2.45, 2.75) is 20.8 Å². The zero-order valence-electron chi connectivity index (χ0n) is 8.33. The third-order valence-corrected chi connectivity index (χ3v) is 1.55. The minimum Gasteiger partial charge on any atom is -0.384 e. The average Bonchev–Trinajstić information content (AvgIpc) is 1.99. The number of anilines is 2. The van der Waals surface area contributed by atoms with Crippen LogP contribution in [0.2, 0.25) is 0 Å². The Morgan fingerprint density at radius 3 is 2.69 bits per heavy atom. The Morgan fingerprint density at radius 2 is 2.15 bits per heavy atom. The predicted octanol–water partition coefficient (Wildman–Crippen LogP) is 1.44. The fourth-order valence-corrected chi connectivity index (χ4v) is 0.990. The first-order chi connectivity index (χ1) is 6.08. The van der Waals surface area contributed by atoms with Gasteiger partial charge in [-0.05, 0) is 12.8 Å². The van der Waals surface area contributed by atoms with Crippen LogP contribution in [0.25, 0.3) is 0 Å². The van der Waals surface area contributed by atoms with E-state index in [-0.39, 0.29) is 0 Å².